The van der Waals surface area contributed by atoms with Gasteiger partial charge in [0.15, 0.2) is 5.82 Å². The van der Waals surface area contributed by atoms with Crippen LogP contribution in [0.3, 0.4) is 0 Å². The van der Waals surface area contributed by atoms with Gasteiger partial charge in [-0.15, -0.1) is 0 Å². The van der Waals surface area contributed by atoms with Crippen LogP contribution in [0, 0.1) is 0 Å². The van der Waals surface area contributed by atoms with E-state index in [1.807, 2.05) is 24.3 Å². The first-order chi connectivity index (χ1) is 9.78. The number of aromatic nitrogens is 2. The number of hydrogen-bond acceptors (Lipinski definition) is 3. The molecule has 0 radical (unpaired) electrons. The first-order valence-electron chi connectivity index (χ1n) is 6.28. The van der Waals surface area contributed by atoms with E-state index in [2.05, 4.69) is 28.2 Å². The van der Waals surface area contributed by atoms with Gasteiger partial charge in [0.1, 0.15) is 11.8 Å². The number of nitrogens with zero attached hydrogens (tertiary/aromatic N) is 2. The summed E-state index contributed by atoms with van der Waals surface area (Å²) in [5.74, 6) is 0.586. The summed E-state index contributed by atoms with van der Waals surface area (Å²) in [4.78, 5) is 8.68. The van der Waals surface area contributed by atoms with Gasteiger partial charge in [0, 0.05) is 18.7 Å². The molecule has 1 heterocycles. The zero-order chi connectivity index (χ0) is 13.9. The molecule has 1 aromatic heterocycles. The second-order valence-electron chi connectivity index (χ2n) is 4.45. The van der Waals surface area contributed by atoms with Gasteiger partial charge in [0.2, 0.25) is 0 Å². The molecule has 0 saturated carbocycles. The Bertz CT molecular complexity index is 753. The summed E-state index contributed by atoms with van der Waals surface area (Å²) in [5, 5.41) is 2.75. The number of methoxy groups -OCH3 is 1. The van der Waals surface area contributed by atoms with E-state index in [9.17, 15) is 0 Å². The molecule has 2 aromatic carbocycles. The number of ether oxygens (including phenoxy) is 1. The lowest BCUT2D eigenvalue weighted by Gasteiger charge is -2.08. The standard InChI is InChI=1S/C16H13ClN2O/c1-20-10-16-18-14(9-15(17)19-16)13-8-4-6-11-5-2-3-7-12(11)13/h2-9H,10H2,1H3. The smallest absolute Gasteiger partial charge is 0.156 e. The Kier molecular flexibility index (Phi) is 3.63. The monoisotopic (exact) mass is 284 g/mol. The van der Waals surface area contributed by atoms with Crippen LogP contribution in [0.4, 0.5) is 0 Å². The van der Waals surface area contributed by atoms with Crippen molar-refractivity contribution >= 4 is 22.4 Å². The van der Waals surface area contributed by atoms with Crippen molar-refractivity contribution in [2.75, 3.05) is 7.11 Å². The molecular formula is C16H13ClN2O. The van der Waals surface area contributed by atoms with E-state index in [1.54, 1.807) is 13.2 Å². The molecule has 0 fully saturated rings. The molecule has 0 aliphatic rings. The van der Waals surface area contributed by atoms with Crippen molar-refractivity contribution in [2.45, 2.75) is 6.61 Å². The topological polar surface area (TPSA) is 35.0 Å². The summed E-state index contributed by atoms with van der Waals surface area (Å²) < 4.78 is 5.08. The molecule has 3 aromatic rings. The molecule has 0 bridgehead atoms. The van der Waals surface area contributed by atoms with Gasteiger partial charge in [-0.2, -0.15) is 0 Å². The molecule has 0 saturated heterocycles. The molecular weight excluding hydrogens is 272 g/mol. The first kappa shape index (κ1) is 13.0. The van der Waals surface area contributed by atoms with E-state index >= 15 is 0 Å². The lowest BCUT2D eigenvalue weighted by Crippen LogP contribution is -1.99. The molecule has 0 aliphatic heterocycles. The fraction of sp³-hybridized carbons (Fsp3) is 0.125. The first-order valence-corrected chi connectivity index (χ1v) is 6.66. The SMILES string of the molecule is COCc1nc(Cl)cc(-c2cccc3ccccc23)n1. The Labute approximate surface area is 122 Å². The third kappa shape index (κ3) is 2.50. The second-order valence-corrected chi connectivity index (χ2v) is 4.84. The predicted molar refractivity (Wildman–Crippen MR) is 80.7 cm³/mol. The van der Waals surface area contributed by atoms with Crippen molar-refractivity contribution in [3.8, 4) is 11.3 Å². The highest BCUT2D eigenvalue weighted by Gasteiger charge is 2.08. The number of benzene rings is 2. The molecule has 0 aliphatic carbocycles. The van der Waals surface area contributed by atoms with Crippen molar-refractivity contribution in [3.05, 3.63) is 59.5 Å². The van der Waals surface area contributed by atoms with Crippen LogP contribution in [0.5, 0.6) is 0 Å². The van der Waals surface area contributed by atoms with E-state index in [1.165, 1.54) is 5.39 Å². The minimum atomic E-state index is 0.346. The van der Waals surface area contributed by atoms with Crippen molar-refractivity contribution in [2.24, 2.45) is 0 Å². The average molecular weight is 285 g/mol. The van der Waals surface area contributed by atoms with E-state index in [0.29, 0.717) is 17.6 Å². The van der Waals surface area contributed by atoms with E-state index < -0.39 is 0 Å². The van der Waals surface area contributed by atoms with Gasteiger partial charge in [-0.3, -0.25) is 0 Å². The lowest BCUT2D eigenvalue weighted by molar-refractivity contribution is 0.178. The Morgan fingerprint density at radius 3 is 2.70 bits per heavy atom. The molecule has 100 valence electrons. The van der Waals surface area contributed by atoms with E-state index in [-0.39, 0.29) is 0 Å². The van der Waals surface area contributed by atoms with Gasteiger partial charge < -0.3 is 4.74 Å². The van der Waals surface area contributed by atoms with E-state index in [4.69, 9.17) is 16.3 Å². The maximum Gasteiger partial charge on any atom is 0.156 e. The maximum absolute atomic E-state index is 6.08. The fourth-order valence-electron chi connectivity index (χ4n) is 2.25. The highest BCUT2D eigenvalue weighted by atomic mass is 35.5. The van der Waals surface area contributed by atoms with Crippen LogP contribution < -0.4 is 0 Å². The van der Waals surface area contributed by atoms with Crippen molar-refractivity contribution in [1.29, 1.82) is 0 Å². The van der Waals surface area contributed by atoms with Crippen LogP contribution in [-0.4, -0.2) is 17.1 Å². The molecule has 0 amide bonds. The highest BCUT2D eigenvalue weighted by molar-refractivity contribution is 6.29. The third-order valence-electron chi connectivity index (χ3n) is 3.08. The van der Waals surface area contributed by atoms with Crippen LogP contribution in [-0.2, 0) is 11.3 Å². The predicted octanol–water partition coefficient (Wildman–Crippen LogP) is 4.10. The number of rotatable bonds is 3. The van der Waals surface area contributed by atoms with Gasteiger partial charge in [-0.1, -0.05) is 54.1 Å². The van der Waals surface area contributed by atoms with Crippen LogP contribution in [0.25, 0.3) is 22.0 Å². The van der Waals surface area contributed by atoms with Gasteiger partial charge in [-0.05, 0) is 10.8 Å². The zero-order valence-electron chi connectivity index (χ0n) is 11.0. The molecule has 4 heteroatoms. The van der Waals surface area contributed by atoms with Crippen LogP contribution in [0.2, 0.25) is 5.15 Å². The number of halogens is 1. The second kappa shape index (κ2) is 5.57. The molecule has 0 N–H and O–H groups in total. The summed E-state index contributed by atoms with van der Waals surface area (Å²) in [6.45, 7) is 0.346. The summed E-state index contributed by atoms with van der Waals surface area (Å²) in [6.07, 6.45) is 0. The summed E-state index contributed by atoms with van der Waals surface area (Å²) in [7, 11) is 1.61. The van der Waals surface area contributed by atoms with Crippen LogP contribution >= 0.6 is 11.6 Å². The lowest BCUT2D eigenvalue weighted by atomic mass is 10.0. The maximum atomic E-state index is 6.08. The summed E-state index contributed by atoms with van der Waals surface area (Å²) in [5.41, 5.74) is 1.86. The number of hydrogen-bond donors (Lipinski definition) is 0. The molecule has 20 heavy (non-hydrogen) atoms. The quantitative estimate of drug-likeness (QED) is 0.679. The van der Waals surface area contributed by atoms with Crippen LogP contribution in [0.1, 0.15) is 5.82 Å². The number of fused-ring (bicyclic) bond motifs is 1. The minimum Gasteiger partial charge on any atom is -0.377 e. The van der Waals surface area contributed by atoms with Crippen molar-refractivity contribution in [3.63, 3.8) is 0 Å². The Hall–Kier alpha value is -1.97. The third-order valence-corrected chi connectivity index (χ3v) is 3.27. The zero-order valence-corrected chi connectivity index (χ0v) is 11.8. The fourth-order valence-corrected chi connectivity index (χ4v) is 2.45. The van der Waals surface area contributed by atoms with Crippen molar-refractivity contribution in [1.82, 2.24) is 9.97 Å². The summed E-state index contributed by atoms with van der Waals surface area (Å²) in [6, 6.07) is 16.1. The Morgan fingerprint density at radius 1 is 1.05 bits per heavy atom. The Balaban J connectivity index is 2.20. The average Bonchev–Trinajstić information content (AvgIpc) is 2.46. The Morgan fingerprint density at radius 2 is 1.85 bits per heavy atom. The van der Waals surface area contributed by atoms with Gasteiger partial charge in [-0.25, -0.2) is 9.97 Å². The molecule has 3 nitrogen and oxygen atoms in total. The minimum absolute atomic E-state index is 0.346. The molecule has 0 unspecified atom stereocenters. The largest absolute Gasteiger partial charge is 0.377 e. The van der Waals surface area contributed by atoms with E-state index in [0.717, 1.165) is 16.6 Å². The highest BCUT2D eigenvalue weighted by Crippen LogP contribution is 2.28. The van der Waals surface area contributed by atoms with Crippen molar-refractivity contribution < 1.29 is 4.74 Å². The van der Waals surface area contributed by atoms with Gasteiger partial charge >= 0.3 is 0 Å². The van der Waals surface area contributed by atoms with Gasteiger partial charge in [0.05, 0.1) is 5.69 Å². The summed E-state index contributed by atoms with van der Waals surface area (Å²) >= 11 is 6.08. The molecule has 3 rings (SSSR count). The molecule has 0 atom stereocenters. The van der Waals surface area contributed by atoms with Crippen LogP contribution in [0.15, 0.2) is 48.5 Å². The molecule has 0 spiro atoms. The van der Waals surface area contributed by atoms with Gasteiger partial charge in [0.25, 0.3) is 0 Å². The normalized spacial score (nSPS) is 10.9.